The number of piperidine rings is 1. The summed E-state index contributed by atoms with van der Waals surface area (Å²) < 4.78 is 5.16. The molecule has 1 heterocycles. The van der Waals surface area contributed by atoms with E-state index >= 15 is 0 Å². The maximum Gasteiger partial charge on any atom is 0.227 e. The maximum absolute atomic E-state index is 12.6. The standard InChI is InChI=1S/C20H24N2O2/c1-24-19-11-9-16(10-12-19)14-20(23)22-13-5-8-18(15-22)21-17-6-3-2-4-7-17/h2-4,6-7,9-12,18,21H,5,8,13-15H2,1H3. The van der Waals surface area contributed by atoms with Crippen LogP contribution in [-0.4, -0.2) is 37.0 Å². The van der Waals surface area contributed by atoms with Gasteiger partial charge in [0.25, 0.3) is 0 Å². The summed E-state index contributed by atoms with van der Waals surface area (Å²) in [6.07, 6.45) is 2.59. The molecule has 126 valence electrons. The molecule has 0 saturated carbocycles. The van der Waals surface area contributed by atoms with Gasteiger partial charge in [-0.2, -0.15) is 0 Å². The number of ether oxygens (including phenoxy) is 1. The van der Waals surface area contributed by atoms with Gasteiger partial charge in [0.2, 0.25) is 5.91 Å². The molecular formula is C20H24N2O2. The lowest BCUT2D eigenvalue weighted by atomic mass is 10.0. The summed E-state index contributed by atoms with van der Waals surface area (Å²) >= 11 is 0. The molecule has 1 amide bonds. The van der Waals surface area contributed by atoms with Crippen molar-refractivity contribution in [2.75, 3.05) is 25.5 Å². The third kappa shape index (κ3) is 4.28. The zero-order valence-electron chi connectivity index (χ0n) is 14.1. The number of nitrogens with zero attached hydrogens (tertiary/aromatic N) is 1. The summed E-state index contributed by atoms with van der Waals surface area (Å²) in [6, 6.07) is 18.2. The number of carbonyl (C=O) groups excluding carboxylic acids is 1. The van der Waals surface area contributed by atoms with Crippen molar-refractivity contribution in [1.82, 2.24) is 4.90 Å². The van der Waals surface area contributed by atoms with Crippen LogP contribution in [-0.2, 0) is 11.2 Å². The molecule has 2 aromatic rings. The Labute approximate surface area is 143 Å². The number of likely N-dealkylation sites (tertiary alicyclic amines) is 1. The highest BCUT2D eigenvalue weighted by molar-refractivity contribution is 5.79. The van der Waals surface area contributed by atoms with Crippen LogP contribution < -0.4 is 10.1 Å². The minimum absolute atomic E-state index is 0.194. The Morgan fingerprint density at radius 1 is 1.17 bits per heavy atom. The molecule has 0 aliphatic carbocycles. The van der Waals surface area contributed by atoms with Crippen molar-refractivity contribution >= 4 is 11.6 Å². The average Bonchev–Trinajstić information content (AvgIpc) is 2.63. The molecule has 1 saturated heterocycles. The number of hydrogen-bond acceptors (Lipinski definition) is 3. The second-order valence-corrected chi connectivity index (χ2v) is 6.21. The van der Waals surface area contributed by atoms with Gasteiger partial charge in [-0.3, -0.25) is 4.79 Å². The molecule has 1 aliphatic rings. The van der Waals surface area contributed by atoms with Crippen LogP contribution in [0.15, 0.2) is 54.6 Å². The minimum Gasteiger partial charge on any atom is -0.497 e. The third-order valence-corrected chi connectivity index (χ3v) is 4.43. The van der Waals surface area contributed by atoms with Gasteiger partial charge in [0.05, 0.1) is 13.5 Å². The average molecular weight is 324 g/mol. The number of methoxy groups -OCH3 is 1. The molecule has 24 heavy (non-hydrogen) atoms. The second-order valence-electron chi connectivity index (χ2n) is 6.21. The first-order chi connectivity index (χ1) is 11.7. The van der Waals surface area contributed by atoms with E-state index < -0.39 is 0 Å². The van der Waals surface area contributed by atoms with Gasteiger partial charge in [0.15, 0.2) is 0 Å². The number of hydrogen-bond donors (Lipinski definition) is 1. The van der Waals surface area contributed by atoms with Crippen LogP contribution in [0.25, 0.3) is 0 Å². The third-order valence-electron chi connectivity index (χ3n) is 4.43. The minimum atomic E-state index is 0.194. The van der Waals surface area contributed by atoms with Gasteiger partial charge < -0.3 is 15.0 Å². The van der Waals surface area contributed by atoms with E-state index in [9.17, 15) is 4.79 Å². The predicted octanol–water partition coefficient (Wildman–Crippen LogP) is 3.34. The molecule has 1 aliphatic heterocycles. The Balaban J connectivity index is 1.56. The van der Waals surface area contributed by atoms with Crippen LogP contribution in [0.2, 0.25) is 0 Å². The molecule has 1 atom stereocenters. The quantitative estimate of drug-likeness (QED) is 0.917. The van der Waals surface area contributed by atoms with E-state index in [1.54, 1.807) is 7.11 Å². The predicted molar refractivity (Wildman–Crippen MR) is 96.4 cm³/mol. The molecule has 4 nitrogen and oxygen atoms in total. The van der Waals surface area contributed by atoms with E-state index in [0.717, 1.165) is 42.9 Å². The molecular weight excluding hydrogens is 300 g/mol. The van der Waals surface area contributed by atoms with Crippen LogP contribution in [0.5, 0.6) is 5.75 Å². The van der Waals surface area contributed by atoms with Crippen LogP contribution in [0, 0.1) is 0 Å². The smallest absolute Gasteiger partial charge is 0.227 e. The number of anilines is 1. The monoisotopic (exact) mass is 324 g/mol. The van der Waals surface area contributed by atoms with E-state index in [-0.39, 0.29) is 5.91 Å². The fourth-order valence-corrected chi connectivity index (χ4v) is 3.12. The van der Waals surface area contributed by atoms with E-state index in [1.165, 1.54) is 0 Å². The largest absolute Gasteiger partial charge is 0.497 e. The molecule has 3 rings (SSSR count). The SMILES string of the molecule is COc1ccc(CC(=O)N2CCCC(Nc3ccccc3)C2)cc1. The number of nitrogens with one attached hydrogen (secondary N) is 1. The Morgan fingerprint density at radius 2 is 1.92 bits per heavy atom. The second kappa shape index (κ2) is 7.86. The number of benzene rings is 2. The van der Waals surface area contributed by atoms with Gasteiger partial charge >= 0.3 is 0 Å². The molecule has 0 radical (unpaired) electrons. The molecule has 0 bridgehead atoms. The lowest BCUT2D eigenvalue weighted by Gasteiger charge is -2.34. The van der Waals surface area contributed by atoms with Crippen LogP contribution >= 0.6 is 0 Å². The van der Waals surface area contributed by atoms with E-state index in [2.05, 4.69) is 17.4 Å². The fraction of sp³-hybridized carbons (Fsp3) is 0.350. The van der Waals surface area contributed by atoms with Gasteiger partial charge in [-0.25, -0.2) is 0 Å². The van der Waals surface area contributed by atoms with Crippen molar-refractivity contribution in [2.24, 2.45) is 0 Å². The van der Waals surface area contributed by atoms with Crippen LogP contribution in [0.1, 0.15) is 18.4 Å². The first kappa shape index (κ1) is 16.4. The summed E-state index contributed by atoms with van der Waals surface area (Å²) in [6.45, 7) is 1.62. The first-order valence-corrected chi connectivity index (χ1v) is 8.47. The van der Waals surface area contributed by atoms with E-state index in [4.69, 9.17) is 4.74 Å². The summed E-state index contributed by atoms with van der Waals surface area (Å²) in [7, 11) is 1.65. The van der Waals surface area contributed by atoms with Gasteiger partial charge in [-0.15, -0.1) is 0 Å². The van der Waals surface area contributed by atoms with Gasteiger partial charge in [-0.05, 0) is 42.7 Å². The van der Waals surface area contributed by atoms with Crippen molar-refractivity contribution in [2.45, 2.75) is 25.3 Å². The Morgan fingerprint density at radius 3 is 2.62 bits per heavy atom. The number of rotatable bonds is 5. The number of amides is 1. The van der Waals surface area contributed by atoms with Crippen molar-refractivity contribution in [3.8, 4) is 5.75 Å². The Hall–Kier alpha value is -2.49. The highest BCUT2D eigenvalue weighted by Gasteiger charge is 2.23. The zero-order chi connectivity index (χ0) is 16.8. The van der Waals surface area contributed by atoms with Crippen molar-refractivity contribution in [3.05, 3.63) is 60.2 Å². The zero-order valence-corrected chi connectivity index (χ0v) is 14.1. The van der Waals surface area contributed by atoms with Crippen molar-refractivity contribution in [1.29, 1.82) is 0 Å². The molecule has 0 spiro atoms. The molecule has 2 aromatic carbocycles. The van der Waals surface area contributed by atoms with Gasteiger partial charge in [-0.1, -0.05) is 30.3 Å². The van der Waals surface area contributed by atoms with Gasteiger partial charge in [0.1, 0.15) is 5.75 Å². The first-order valence-electron chi connectivity index (χ1n) is 8.47. The summed E-state index contributed by atoms with van der Waals surface area (Å²) in [5, 5.41) is 3.53. The van der Waals surface area contributed by atoms with Crippen LogP contribution in [0.3, 0.4) is 0 Å². The molecule has 1 fully saturated rings. The summed E-state index contributed by atoms with van der Waals surface area (Å²) in [4.78, 5) is 14.6. The Kier molecular flexibility index (Phi) is 5.36. The molecule has 0 aromatic heterocycles. The van der Waals surface area contributed by atoms with E-state index in [0.29, 0.717) is 12.5 Å². The highest BCUT2D eigenvalue weighted by atomic mass is 16.5. The Bertz CT molecular complexity index is 655. The van der Waals surface area contributed by atoms with E-state index in [1.807, 2.05) is 47.4 Å². The lowest BCUT2D eigenvalue weighted by Crippen LogP contribution is -2.45. The maximum atomic E-state index is 12.6. The summed E-state index contributed by atoms with van der Waals surface area (Å²) in [5.74, 6) is 1.01. The van der Waals surface area contributed by atoms with Gasteiger partial charge in [0, 0.05) is 24.8 Å². The molecule has 4 heteroatoms. The normalized spacial score (nSPS) is 17.4. The number of carbonyl (C=O) groups is 1. The van der Waals surface area contributed by atoms with Crippen molar-refractivity contribution in [3.63, 3.8) is 0 Å². The summed E-state index contributed by atoms with van der Waals surface area (Å²) in [5.41, 5.74) is 2.14. The lowest BCUT2D eigenvalue weighted by molar-refractivity contribution is -0.131. The fourth-order valence-electron chi connectivity index (χ4n) is 3.12. The van der Waals surface area contributed by atoms with Crippen molar-refractivity contribution < 1.29 is 9.53 Å². The van der Waals surface area contributed by atoms with Crippen LogP contribution in [0.4, 0.5) is 5.69 Å². The number of para-hydroxylation sites is 1. The molecule has 1 unspecified atom stereocenters. The highest BCUT2D eigenvalue weighted by Crippen LogP contribution is 2.18. The molecule has 1 N–H and O–H groups in total. The topological polar surface area (TPSA) is 41.6 Å².